The SMILES string of the molecule is COc1ccc([C@](C)(O)[C@H]2CCCC[C@]2(C)O)cc1. The van der Waals surface area contributed by atoms with Gasteiger partial charge in [0.15, 0.2) is 0 Å². The topological polar surface area (TPSA) is 49.7 Å². The lowest BCUT2D eigenvalue weighted by atomic mass is 9.66. The van der Waals surface area contributed by atoms with Crippen molar-refractivity contribution in [3.63, 3.8) is 0 Å². The summed E-state index contributed by atoms with van der Waals surface area (Å²) in [6.07, 6.45) is 3.70. The van der Waals surface area contributed by atoms with E-state index in [0.717, 1.165) is 37.0 Å². The third-order valence-corrected chi connectivity index (χ3v) is 4.53. The quantitative estimate of drug-likeness (QED) is 0.882. The maximum atomic E-state index is 10.9. The van der Waals surface area contributed by atoms with Gasteiger partial charge in [-0.1, -0.05) is 25.0 Å². The summed E-state index contributed by atoms with van der Waals surface area (Å²) in [6.45, 7) is 3.65. The minimum absolute atomic E-state index is 0.137. The molecule has 0 amide bonds. The van der Waals surface area contributed by atoms with Gasteiger partial charge in [0.05, 0.1) is 18.3 Å². The fourth-order valence-corrected chi connectivity index (χ4v) is 3.33. The van der Waals surface area contributed by atoms with Gasteiger partial charge in [0, 0.05) is 5.92 Å². The lowest BCUT2D eigenvalue weighted by Crippen LogP contribution is -2.48. The van der Waals surface area contributed by atoms with Gasteiger partial charge in [-0.2, -0.15) is 0 Å². The molecule has 2 N–H and O–H groups in total. The average molecular weight is 264 g/mol. The zero-order valence-corrected chi connectivity index (χ0v) is 12.0. The van der Waals surface area contributed by atoms with Crippen LogP contribution in [0.3, 0.4) is 0 Å². The number of ether oxygens (including phenoxy) is 1. The van der Waals surface area contributed by atoms with Crippen molar-refractivity contribution in [3.05, 3.63) is 29.8 Å². The van der Waals surface area contributed by atoms with Crippen LogP contribution in [0, 0.1) is 5.92 Å². The molecule has 106 valence electrons. The zero-order chi connectivity index (χ0) is 14.1. The fourth-order valence-electron chi connectivity index (χ4n) is 3.33. The van der Waals surface area contributed by atoms with E-state index in [4.69, 9.17) is 4.74 Å². The van der Waals surface area contributed by atoms with E-state index in [1.54, 1.807) is 14.0 Å². The summed E-state index contributed by atoms with van der Waals surface area (Å²) in [5.74, 6) is 0.636. The Morgan fingerprint density at radius 1 is 1.26 bits per heavy atom. The van der Waals surface area contributed by atoms with E-state index in [9.17, 15) is 10.2 Å². The molecule has 0 spiro atoms. The molecule has 3 nitrogen and oxygen atoms in total. The summed E-state index contributed by atoms with van der Waals surface area (Å²) >= 11 is 0. The maximum Gasteiger partial charge on any atom is 0.118 e. The number of hydrogen-bond donors (Lipinski definition) is 2. The van der Waals surface area contributed by atoms with Gasteiger partial charge in [0.2, 0.25) is 0 Å². The van der Waals surface area contributed by atoms with E-state index in [-0.39, 0.29) is 5.92 Å². The summed E-state index contributed by atoms with van der Waals surface area (Å²) in [6, 6.07) is 7.45. The second-order valence-corrected chi connectivity index (χ2v) is 6.03. The summed E-state index contributed by atoms with van der Waals surface area (Å²) < 4.78 is 5.14. The predicted molar refractivity (Wildman–Crippen MR) is 75.1 cm³/mol. The molecule has 0 bridgehead atoms. The molecule has 0 aliphatic heterocycles. The van der Waals surface area contributed by atoms with Gasteiger partial charge >= 0.3 is 0 Å². The van der Waals surface area contributed by atoms with Gasteiger partial charge in [-0.3, -0.25) is 0 Å². The Hall–Kier alpha value is -1.06. The smallest absolute Gasteiger partial charge is 0.118 e. The molecular formula is C16H24O3. The first-order valence-corrected chi connectivity index (χ1v) is 6.97. The van der Waals surface area contributed by atoms with Gasteiger partial charge in [0.1, 0.15) is 5.75 Å². The first-order chi connectivity index (χ1) is 8.88. The first-order valence-electron chi connectivity index (χ1n) is 6.97. The lowest BCUT2D eigenvalue weighted by molar-refractivity contribution is -0.133. The molecule has 1 aromatic rings. The van der Waals surface area contributed by atoms with Crippen molar-refractivity contribution in [1.29, 1.82) is 0 Å². The van der Waals surface area contributed by atoms with Crippen molar-refractivity contribution < 1.29 is 14.9 Å². The molecule has 3 heteroatoms. The van der Waals surface area contributed by atoms with Crippen LogP contribution in [0.2, 0.25) is 0 Å². The Bertz CT molecular complexity index is 420. The number of hydrogen-bond acceptors (Lipinski definition) is 3. The number of benzene rings is 1. The van der Waals surface area contributed by atoms with E-state index in [1.165, 1.54) is 0 Å². The molecule has 1 fully saturated rings. The Labute approximate surface area is 115 Å². The minimum atomic E-state index is -1.02. The van der Waals surface area contributed by atoms with Crippen LogP contribution in [0.1, 0.15) is 45.1 Å². The molecule has 1 aliphatic carbocycles. The third-order valence-electron chi connectivity index (χ3n) is 4.53. The predicted octanol–water partition coefficient (Wildman–Crippen LogP) is 2.84. The highest BCUT2D eigenvalue weighted by Crippen LogP contribution is 2.44. The van der Waals surface area contributed by atoms with Crippen LogP contribution >= 0.6 is 0 Å². The summed E-state index contributed by atoms with van der Waals surface area (Å²) in [7, 11) is 1.62. The molecule has 3 atom stereocenters. The molecule has 0 unspecified atom stereocenters. The fraction of sp³-hybridized carbons (Fsp3) is 0.625. The van der Waals surface area contributed by atoms with E-state index in [2.05, 4.69) is 0 Å². The summed E-state index contributed by atoms with van der Waals surface area (Å²) in [5, 5.41) is 21.5. The highest BCUT2D eigenvalue weighted by Gasteiger charge is 2.46. The highest BCUT2D eigenvalue weighted by atomic mass is 16.5. The number of rotatable bonds is 3. The van der Waals surface area contributed by atoms with Crippen molar-refractivity contribution in [3.8, 4) is 5.75 Å². The van der Waals surface area contributed by atoms with Crippen LogP contribution in [0.15, 0.2) is 24.3 Å². The molecular weight excluding hydrogens is 240 g/mol. The van der Waals surface area contributed by atoms with E-state index in [1.807, 2.05) is 31.2 Å². The molecule has 19 heavy (non-hydrogen) atoms. The van der Waals surface area contributed by atoms with E-state index in [0.29, 0.717) is 0 Å². The highest BCUT2D eigenvalue weighted by molar-refractivity contribution is 5.31. The molecule has 1 aliphatic rings. The van der Waals surface area contributed by atoms with E-state index >= 15 is 0 Å². The maximum absolute atomic E-state index is 10.9. The third kappa shape index (κ3) is 2.77. The Morgan fingerprint density at radius 3 is 2.42 bits per heavy atom. The van der Waals surface area contributed by atoms with Gasteiger partial charge < -0.3 is 14.9 Å². The second kappa shape index (κ2) is 5.14. The van der Waals surface area contributed by atoms with E-state index < -0.39 is 11.2 Å². The van der Waals surface area contributed by atoms with Gasteiger partial charge in [-0.05, 0) is 44.4 Å². The van der Waals surface area contributed by atoms with Crippen molar-refractivity contribution in [2.75, 3.05) is 7.11 Å². The molecule has 1 saturated carbocycles. The Morgan fingerprint density at radius 2 is 1.89 bits per heavy atom. The molecule has 1 aromatic carbocycles. The summed E-state index contributed by atoms with van der Waals surface area (Å²) in [5.41, 5.74) is -0.988. The first kappa shape index (κ1) is 14.4. The number of methoxy groups -OCH3 is 1. The zero-order valence-electron chi connectivity index (χ0n) is 12.0. The van der Waals surface area contributed by atoms with Gasteiger partial charge in [-0.15, -0.1) is 0 Å². The molecule has 0 radical (unpaired) electrons. The van der Waals surface area contributed by atoms with Gasteiger partial charge in [0.25, 0.3) is 0 Å². The van der Waals surface area contributed by atoms with Crippen LogP contribution in [-0.2, 0) is 5.60 Å². The van der Waals surface area contributed by atoms with Crippen LogP contribution in [0.4, 0.5) is 0 Å². The Balaban J connectivity index is 2.29. The molecule has 0 saturated heterocycles. The van der Waals surface area contributed by atoms with Gasteiger partial charge in [-0.25, -0.2) is 0 Å². The van der Waals surface area contributed by atoms with Crippen LogP contribution in [-0.4, -0.2) is 22.9 Å². The monoisotopic (exact) mass is 264 g/mol. The normalized spacial score (nSPS) is 30.7. The average Bonchev–Trinajstić information content (AvgIpc) is 2.38. The number of aliphatic hydroxyl groups is 2. The van der Waals surface area contributed by atoms with Crippen LogP contribution < -0.4 is 4.74 Å². The molecule has 2 rings (SSSR count). The lowest BCUT2D eigenvalue weighted by Gasteiger charge is -2.45. The van der Waals surface area contributed by atoms with Crippen molar-refractivity contribution in [2.24, 2.45) is 5.92 Å². The van der Waals surface area contributed by atoms with Crippen molar-refractivity contribution in [2.45, 2.75) is 50.7 Å². The van der Waals surface area contributed by atoms with Crippen LogP contribution in [0.25, 0.3) is 0 Å². The second-order valence-electron chi connectivity index (χ2n) is 6.03. The van der Waals surface area contributed by atoms with Crippen molar-refractivity contribution >= 4 is 0 Å². The van der Waals surface area contributed by atoms with Crippen molar-refractivity contribution in [1.82, 2.24) is 0 Å². The summed E-state index contributed by atoms with van der Waals surface area (Å²) in [4.78, 5) is 0. The molecule has 0 aromatic heterocycles. The Kier molecular flexibility index (Phi) is 3.88. The standard InChI is InChI=1S/C16H24O3/c1-15(17)11-5-4-6-14(15)16(2,18)12-7-9-13(19-3)10-8-12/h7-10,14,17-18H,4-6,11H2,1-3H3/t14-,15-,16-/m0/s1. The minimum Gasteiger partial charge on any atom is -0.497 e. The van der Waals surface area contributed by atoms with Crippen LogP contribution in [0.5, 0.6) is 5.75 Å². The largest absolute Gasteiger partial charge is 0.497 e. The molecule has 0 heterocycles.